The number of Topliss-reactive ketones (excluding diaryl/α,β-unsaturated/α-hetero) is 2. The molecule has 0 spiro atoms. The molecule has 230 valence electrons. The zero-order valence-electron chi connectivity index (χ0n) is 24.0. The lowest BCUT2D eigenvalue weighted by Gasteiger charge is -2.50. The number of aliphatic hydroxyl groups excluding tert-OH is 2. The van der Waals surface area contributed by atoms with Crippen molar-refractivity contribution in [2.45, 2.75) is 57.5 Å². The molecule has 3 aliphatic rings. The number of ketones is 2. The number of phenols is 1. The molecular weight excluding hydrogens is 559 g/mol. The summed E-state index contributed by atoms with van der Waals surface area (Å²) in [6.45, 7) is 4.33. The van der Waals surface area contributed by atoms with Crippen LogP contribution in [0.15, 0.2) is 28.7 Å². The molecule has 0 heterocycles. The van der Waals surface area contributed by atoms with Crippen LogP contribution < -0.4 is 5.73 Å². The summed E-state index contributed by atoms with van der Waals surface area (Å²) in [5.41, 5.74) is -1.42. The number of rotatable bonds is 7. The number of fused-ring (bicyclic) bond motifs is 3. The molecule has 0 fully saturated rings. The number of carbonyl (C=O) groups excluding carboxylic acids is 3. The van der Waals surface area contributed by atoms with Crippen molar-refractivity contribution in [2.24, 2.45) is 23.5 Å². The Hall–Kier alpha value is -3.42. The number of halogens is 3. The van der Waals surface area contributed by atoms with Crippen LogP contribution in [0.3, 0.4) is 0 Å². The van der Waals surface area contributed by atoms with Crippen LogP contribution in [0.1, 0.15) is 53.7 Å². The lowest BCUT2D eigenvalue weighted by Crippen LogP contribution is -2.63. The molecule has 13 heteroatoms. The summed E-state index contributed by atoms with van der Waals surface area (Å²) in [7, 11) is 4.59. The Labute approximate surface area is 240 Å². The predicted octanol–water partition coefficient (Wildman–Crippen LogP) is 2.62. The third-order valence-electron chi connectivity index (χ3n) is 8.62. The molecule has 1 amide bonds. The third-order valence-corrected chi connectivity index (χ3v) is 8.62. The Morgan fingerprint density at radius 1 is 1.17 bits per heavy atom. The van der Waals surface area contributed by atoms with Crippen molar-refractivity contribution in [2.75, 3.05) is 27.7 Å². The highest BCUT2D eigenvalue weighted by atomic mass is 19.4. The number of alkyl halides is 3. The maximum Gasteiger partial charge on any atom is 0.417 e. The molecule has 10 nitrogen and oxygen atoms in total. The standard InChI is InChI=1S/C29H36F3N3O7/c1-12(2)6-7-35(5)11-14-10-17(36)19-15(21(14)29(30,31)32)8-13-9-16-22(34(3)4)24(38)20(27(33)41)26(40)28(16,42)25(39)18(13)23(19)37/h10,12-13,16,22,36,38-39,42H,6-9,11H2,1-5H3,(H2,33,41)/t13-,16-,22-,28-/m0/s1. The molecule has 0 aliphatic heterocycles. The van der Waals surface area contributed by atoms with Crippen molar-refractivity contribution in [1.82, 2.24) is 9.80 Å². The van der Waals surface area contributed by atoms with Gasteiger partial charge >= 0.3 is 6.18 Å². The third kappa shape index (κ3) is 4.86. The second-order valence-electron chi connectivity index (χ2n) is 12.2. The average molecular weight is 596 g/mol. The first-order valence-electron chi connectivity index (χ1n) is 13.6. The second-order valence-corrected chi connectivity index (χ2v) is 12.2. The molecule has 0 aromatic heterocycles. The average Bonchev–Trinajstić information content (AvgIpc) is 2.83. The fourth-order valence-corrected chi connectivity index (χ4v) is 6.72. The number of nitrogens with zero attached hydrogens (tertiary/aromatic N) is 2. The predicted molar refractivity (Wildman–Crippen MR) is 144 cm³/mol. The van der Waals surface area contributed by atoms with Crippen molar-refractivity contribution in [3.05, 3.63) is 51.0 Å². The van der Waals surface area contributed by atoms with Crippen molar-refractivity contribution < 1.29 is 48.0 Å². The van der Waals surface area contributed by atoms with E-state index in [1.165, 1.54) is 19.0 Å². The number of nitrogens with two attached hydrogens (primary N) is 1. The lowest BCUT2D eigenvalue weighted by molar-refractivity contribution is -0.148. The van der Waals surface area contributed by atoms with E-state index in [1.807, 2.05) is 13.8 Å². The summed E-state index contributed by atoms with van der Waals surface area (Å²) in [5, 5.41) is 44.6. The van der Waals surface area contributed by atoms with E-state index in [2.05, 4.69) is 0 Å². The number of phenolic OH excluding ortho intramolecular Hbond substituents is 1. The van der Waals surface area contributed by atoms with Crippen LogP contribution in [0, 0.1) is 17.8 Å². The molecule has 1 aromatic rings. The number of hydrogen-bond acceptors (Lipinski definition) is 9. The van der Waals surface area contributed by atoms with E-state index in [4.69, 9.17) is 5.73 Å². The van der Waals surface area contributed by atoms with E-state index in [0.717, 1.165) is 12.5 Å². The SMILES string of the molecule is CC(C)CCN(C)Cc1cc(O)c2c(c1C(F)(F)F)C[C@H]1C[C@H]3[C@H](N(C)C)C(O)=C(C(N)=O)C(=O)[C@@]3(O)C(O)=C1C2=O. The minimum absolute atomic E-state index is 0.149. The monoisotopic (exact) mass is 595 g/mol. The van der Waals surface area contributed by atoms with Gasteiger partial charge in [0.05, 0.1) is 17.2 Å². The number of carbonyl (C=O) groups is 3. The quantitative estimate of drug-likeness (QED) is 0.298. The van der Waals surface area contributed by atoms with Crippen molar-refractivity contribution >= 4 is 17.5 Å². The highest BCUT2D eigenvalue weighted by Gasteiger charge is 2.63. The van der Waals surface area contributed by atoms with Crippen LogP contribution in [0.5, 0.6) is 5.75 Å². The number of allylic oxidation sites excluding steroid dienone is 1. The normalized spacial score (nSPS) is 26.2. The van der Waals surface area contributed by atoms with Crippen LogP contribution in [-0.2, 0) is 28.7 Å². The van der Waals surface area contributed by atoms with Gasteiger partial charge in [-0.3, -0.25) is 19.3 Å². The van der Waals surface area contributed by atoms with Crippen molar-refractivity contribution in [3.63, 3.8) is 0 Å². The second kappa shape index (κ2) is 10.7. The first-order valence-corrected chi connectivity index (χ1v) is 13.6. The fourth-order valence-electron chi connectivity index (χ4n) is 6.72. The minimum Gasteiger partial charge on any atom is -0.510 e. The van der Waals surface area contributed by atoms with Crippen molar-refractivity contribution in [3.8, 4) is 5.75 Å². The Morgan fingerprint density at radius 3 is 2.31 bits per heavy atom. The Kier molecular flexibility index (Phi) is 8.02. The summed E-state index contributed by atoms with van der Waals surface area (Å²) in [4.78, 5) is 42.2. The van der Waals surface area contributed by atoms with Crippen LogP contribution in [-0.4, -0.2) is 87.0 Å². The Morgan fingerprint density at radius 2 is 1.79 bits per heavy atom. The van der Waals surface area contributed by atoms with Gasteiger partial charge in [0, 0.05) is 18.0 Å². The lowest BCUT2D eigenvalue weighted by atomic mass is 9.58. The van der Waals surface area contributed by atoms with Gasteiger partial charge in [-0.05, 0) is 76.0 Å². The topological polar surface area (TPSA) is 165 Å². The van der Waals surface area contributed by atoms with Gasteiger partial charge in [0.2, 0.25) is 5.78 Å². The van der Waals surface area contributed by atoms with E-state index in [1.54, 1.807) is 11.9 Å². The van der Waals surface area contributed by atoms with Gasteiger partial charge in [0.15, 0.2) is 11.4 Å². The largest absolute Gasteiger partial charge is 0.510 e. The summed E-state index contributed by atoms with van der Waals surface area (Å²) in [6.07, 6.45) is -4.91. The van der Waals surface area contributed by atoms with E-state index in [9.17, 15) is 48.0 Å². The van der Waals surface area contributed by atoms with Gasteiger partial charge in [0.1, 0.15) is 22.8 Å². The van der Waals surface area contributed by atoms with E-state index < -0.39 is 98.7 Å². The number of hydrogen-bond donors (Lipinski definition) is 5. The highest BCUT2D eigenvalue weighted by Crippen LogP contribution is 2.53. The molecule has 0 radical (unpaired) electrons. The first-order chi connectivity index (χ1) is 19.3. The molecule has 6 N–H and O–H groups in total. The molecule has 0 saturated heterocycles. The molecule has 4 rings (SSSR count). The minimum atomic E-state index is -4.89. The summed E-state index contributed by atoms with van der Waals surface area (Å²) in [5.74, 6) is -8.69. The number of likely N-dealkylation sites (N-methyl/N-ethyl adjacent to an activating group) is 1. The van der Waals surface area contributed by atoms with Crippen LogP contribution in [0.25, 0.3) is 0 Å². The number of aliphatic hydroxyl groups is 3. The smallest absolute Gasteiger partial charge is 0.417 e. The van der Waals surface area contributed by atoms with Gasteiger partial charge in [0.25, 0.3) is 5.91 Å². The maximum atomic E-state index is 14.6. The molecule has 3 aliphatic carbocycles. The molecular formula is C29H36F3N3O7. The molecule has 1 aromatic carbocycles. The number of benzene rings is 1. The van der Waals surface area contributed by atoms with Crippen molar-refractivity contribution in [1.29, 1.82) is 0 Å². The summed E-state index contributed by atoms with van der Waals surface area (Å²) < 4.78 is 43.9. The Balaban J connectivity index is 1.91. The van der Waals surface area contributed by atoms with Crippen LogP contribution >= 0.6 is 0 Å². The molecule has 0 bridgehead atoms. The first kappa shape index (κ1) is 31.5. The number of amides is 1. The zero-order valence-corrected chi connectivity index (χ0v) is 24.0. The van der Waals surface area contributed by atoms with Gasteiger partial charge in [-0.1, -0.05) is 13.8 Å². The van der Waals surface area contributed by atoms with Gasteiger partial charge in [-0.2, -0.15) is 13.2 Å². The fraction of sp³-hybridized carbons (Fsp3) is 0.552. The number of aromatic hydroxyl groups is 1. The van der Waals surface area contributed by atoms with Gasteiger partial charge in [-0.15, -0.1) is 0 Å². The van der Waals surface area contributed by atoms with E-state index >= 15 is 0 Å². The number of primary amides is 1. The zero-order chi connectivity index (χ0) is 31.6. The Bertz CT molecular complexity index is 1420. The summed E-state index contributed by atoms with van der Waals surface area (Å²) >= 11 is 0. The molecule has 0 saturated carbocycles. The molecule has 0 unspecified atom stereocenters. The van der Waals surface area contributed by atoms with E-state index in [0.29, 0.717) is 12.5 Å². The van der Waals surface area contributed by atoms with Crippen LogP contribution in [0.4, 0.5) is 13.2 Å². The summed E-state index contributed by atoms with van der Waals surface area (Å²) in [6, 6.07) is -0.351. The van der Waals surface area contributed by atoms with Gasteiger partial charge < -0.3 is 31.1 Å². The van der Waals surface area contributed by atoms with Gasteiger partial charge in [-0.25, -0.2) is 0 Å². The maximum absolute atomic E-state index is 14.6. The highest BCUT2D eigenvalue weighted by molar-refractivity contribution is 6.24. The van der Waals surface area contributed by atoms with Crippen LogP contribution in [0.2, 0.25) is 0 Å². The molecule has 42 heavy (non-hydrogen) atoms. The molecule has 4 atom stereocenters. The van der Waals surface area contributed by atoms with E-state index in [-0.39, 0.29) is 18.5 Å².